The summed E-state index contributed by atoms with van der Waals surface area (Å²) in [6.45, 7) is 0.561. The van der Waals surface area contributed by atoms with Gasteiger partial charge in [0.2, 0.25) is 0 Å². The molecule has 0 bridgehead atoms. The van der Waals surface area contributed by atoms with Crippen molar-refractivity contribution in [3.05, 3.63) is 35.4 Å². The molecule has 106 valence electrons. The third kappa shape index (κ3) is 3.74. The van der Waals surface area contributed by atoms with Gasteiger partial charge in [0.15, 0.2) is 0 Å². The Bertz CT molecular complexity index is 417. The fourth-order valence-corrected chi connectivity index (χ4v) is 2.88. The van der Waals surface area contributed by atoms with Gasteiger partial charge in [0.1, 0.15) is 11.6 Å². The van der Waals surface area contributed by atoms with E-state index in [1.54, 1.807) is 0 Å². The fraction of sp³-hybridized carbons (Fsp3) is 0.600. The van der Waals surface area contributed by atoms with E-state index in [4.69, 9.17) is 5.73 Å². The van der Waals surface area contributed by atoms with Crippen LogP contribution in [0.15, 0.2) is 18.2 Å². The Morgan fingerprint density at radius 3 is 2.63 bits per heavy atom. The molecule has 1 aliphatic carbocycles. The van der Waals surface area contributed by atoms with Gasteiger partial charge in [-0.15, -0.1) is 0 Å². The van der Waals surface area contributed by atoms with Crippen molar-refractivity contribution in [1.82, 2.24) is 4.90 Å². The Morgan fingerprint density at radius 1 is 1.26 bits per heavy atom. The van der Waals surface area contributed by atoms with E-state index in [0.29, 0.717) is 12.6 Å². The Labute approximate surface area is 113 Å². The third-order valence-electron chi connectivity index (χ3n) is 4.04. The summed E-state index contributed by atoms with van der Waals surface area (Å²) in [5, 5.41) is 0. The largest absolute Gasteiger partial charge is 0.323 e. The lowest BCUT2D eigenvalue weighted by molar-refractivity contribution is 0.181. The van der Waals surface area contributed by atoms with E-state index in [-0.39, 0.29) is 5.56 Å². The first-order chi connectivity index (χ1) is 9.08. The highest BCUT2D eigenvalue weighted by atomic mass is 19.1. The maximum Gasteiger partial charge on any atom is 0.128 e. The van der Waals surface area contributed by atoms with E-state index >= 15 is 0 Å². The molecular weight excluding hydrogens is 246 g/mol. The topological polar surface area (TPSA) is 29.3 Å². The second-order valence-corrected chi connectivity index (χ2v) is 5.50. The molecule has 1 saturated carbocycles. The van der Waals surface area contributed by atoms with Crippen LogP contribution in [-0.4, -0.2) is 24.5 Å². The molecule has 4 heteroatoms. The first kappa shape index (κ1) is 14.4. The smallest absolute Gasteiger partial charge is 0.128 e. The normalized spacial score (nSPS) is 18.8. The minimum Gasteiger partial charge on any atom is -0.323 e. The monoisotopic (exact) mass is 268 g/mol. The second kappa shape index (κ2) is 6.44. The Balaban J connectivity index is 1.99. The Hall–Kier alpha value is -1.00. The van der Waals surface area contributed by atoms with Crippen LogP contribution >= 0.6 is 0 Å². The quantitative estimate of drug-likeness (QED) is 0.908. The molecule has 1 aromatic carbocycles. The highest BCUT2D eigenvalue weighted by Crippen LogP contribution is 2.24. The SMILES string of the molecule is CN(CC(N)c1cc(F)ccc1F)C1CCCCC1. The summed E-state index contributed by atoms with van der Waals surface area (Å²) < 4.78 is 26.8. The van der Waals surface area contributed by atoms with Crippen molar-refractivity contribution in [3.8, 4) is 0 Å². The molecule has 2 rings (SSSR count). The van der Waals surface area contributed by atoms with Crippen LogP contribution < -0.4 is 5.73 Å². The number of nitrogens with two attached hydrogens (primary N) is 1. The third-order valence-corrected chi connectivity index (χ3v) is 4.04. The van der Waals surface area contributed by atoms with Gasteiger partial charge in [-0.3, -0.25) is 0 Å². The number of nitrogens with zero attached hydrogens (tertiary/aromatic N) is 1. The molecular formula is C15H22F2N2. The number of hydrogen-bond donors (Lipinski definition) is 1. The van der Waals surface area contributed by atoms with Crippen molar-refractivity contribution in [2.45, 2.75) is 44.2 Å². The van der Waals surface area contributed by atoms with Gasteiger partial charge >= 0.3 is 0 Å². The van der Waals surface area contributed by atoms with Crippen LogP contribution in [0.3, 0.4) is 0 Å². The van der Waals surface area contributed by atoms with Gasteiger partial charge in [-0.1, -0.05) is 19.3 Å². The van der Waals surface area contributed by atoms with Crippen LogP contribution in [0.4, 0.5) is 8.78 Å². The molecule has 1 atom stereocenters. The van der Waals surface area contributed by atoms with E-state index in [1.165, 1.54) is 38.2 Å². The summed E-state index contributed by atoms with van der Waals surface area (Å²) in [6, 6.07) is 3.51. The zero-order chi connectivity index (χ0) is 13.8. The molecule has 0 aromatic heterocycles. The molecule has 2 N–H and O–H groups in total. The van der Waals surface area contributed by atoms with Crippen LogP contribution in [-0.2, 0) is 0 Å². The van der Waals surface area contributed by atoms with Crippen molar-refractivity contribution in [3.63, 3.8) is 0 Å². The van der Waals surface area contributed by atoms with E-state index in [2.05, 4.69) is 4.90 Å². The molecule has 0 spiro atoms. The van der Waals surface area contributed by atoms with E-state index in [1.807, 2.05) is 7.05 Å². The number of hydrogen-bond acceptors (Lipinski definition) is 2. The number of rotatable bonds is 4. The van der Waals surface area contributed by atoms with E-state index in [0.717, 1.165) is 12.1 Å². The summed E-state index contributed by atoms with van der Waals surface area (Å²) in [5.74, 6) is -0.863. The molecule has 1 unspecified atom stereocenters. The number of likely N-dealkylation sites (N-methyl/N-ethyl adjacent to an activating group) is 1. The molecule has 1 fully saturated rings. The van der Waals surface area contributed by atoms with Gasteiger partial charge in [-0.25, -0.2) is 8.78 Å². The van der Waals surface area contributed by atoms with Crippen molar-refractivity contribution in [1.29, 1.82) is 0 Å². The van der Waals surface area contributed by atoms with Crippen LogP contribution in [0.1, 0.15) is 43.7 Å². The predicted octanol–water partition coefficient (Wildman–Crippen LogP) is 3.23. The summed E-state index contributed by atoms with van der Waals surface area (Å²) in [6.07, 6.45) is 6.15. The lowest BCUT2D eigenvalue weighted by atomic mass is 9.94. The Kier molecular flexibility index (Phi) is 4.88. The summed E-state index contributed by atoms with van der Waals surface area (Å²) >= 11 is 0. The number of benzene rings is 1. The molecule has 0 heterocycles. The minimum absolute atomic E-state index is 0.266. The van der Waals surface area contributed by atoms with Gasteiger partial charge in [0.25, 0.3) is 0 Å². The molecule has 1 aromatic rings. The highest BCUT2D eigenvalue weighted by Gasteiger charge is 2.21. The predicted molar refractivity (Wildman–Crippen MR) is 72.8 cm³/mol. The molecule has 0 amide bonds. The molecule has 0 radical (unpaired) electrons. The van der Waals surface area contributed by atoms with Crippen molar-refractivity contribution >= 4 is 0 Å². The summed E-state index contributed by atoms with van der Waals surface area (Å²) in [7, 11) is 2.02. The van der Waals surface area contributed by atoms with Gasteiger partial charge in [-0.2, -0.15) is 0 Å². The average Bonchev–Trinajstić information content (AvgIpc) is 2.42. The Morgan fingerprint density at radius 2 is 1.95 bits per heavy atom. The minimum atomic E-state index is -0.484. The molecule has 19 heavy (non-hydrogen) atoms. The van der Waals surface area contributed by atoms with Gasteiger partial charge in [0.05, 0.1) is 0 Å². The molecule has 1 aliphatic rings. The molecule has 2 nitrogen and oxygen atoms in total. The standard InChI is InChI=1S/C15H22F2N2/c1-19(12-5-3-2-4-6-12)10-15(18)13-9-11(16)7-8-14(13)17/h7-9,12,15H,2-6,10,18H2,1H3. The van der Waals surface area contributed by atoms with Crippen LogP contribution in [0.25, 0.3) is 0 Å². The maximum atomic E-state index is 13.6. The van der Waals surface area contributed by atoms with E-state index < -0.39 is 17.7 Å². The maximum absolute atomic E-state index is 13.6. The summed E-state index contributed by atoms with van der Waals surface area (Å²) in [4.78, 5) is 2.19. The fourth-order valence-electron chi connectivity index (χ4n) is 2.88. The van der Waals surface area contributed by atoms with Crippen LogP contribution in [0.5, 0.6) is 0 Å². The van der Waals surface area contributed by atoms with Gasteiger partial charge in [0, 0.05) is 24.2 Å². The zero-order valence-corrected chi connectivity index (χ0v) is 11.4. The molecule has 0 saturated heterocycles. The van der Waals surface area contributed by atoms with Crippen LogP contribution in [0, 0.1) is 11.6 Å². The number of halogens is 2. The molecule has 0 aliphatic heterocycles. The first-order valence-corrected chi connectivity index (χ1v) is 6.98. The second-order valence-electron chi connectivity index (χ2n) is 5.50. The van der Waals surface area contributed by atoms with Crippen molar-refractivity contribution in [2.24, 2.45) is 5.73 Å². The van der Waals surface area contributed by atoms with Gasteiger partial charge in [-0.05, 0) is 38.1 Å². The van der Waals surface area contributed by atoms with Crippen molar-refractivity contribution in [2.75, 3.05) is 13.6 Å². The lowest BCUT2D eigenvalue weighted by Crippen LogP contribution is -2.38. The average molecular weight is 268 g/mol. The van der Waals surface area contributed by atoms with Gasteiger partial charge < -0.3 is 10.6 Å². The van der Waals surface area contributed by atoms with Crippen molar-refractivity contribution < 1.29 is 8.78 Å². The highest BCUT2D eigenvalue weighted by molar-refractivity contribution is 5.22. The zero-order valence-electron chi connectivity index (χ0n) is 11.4. The van der Waals surface area contributed by atoms with Crippen LogP contribution in [0.2, 0.25) is 0 Å². The first-order valence-electron chi connectivity index (χ1n) is 6.98. The lowest BCUT2D eigenvalue weighted by Gasteiger charge is -2.33. The summed E-state index contributed by atoms with van der Waals surface area (Å²) in [5.41, 5.74) is 6.29. The van der Waals surface area contributed by atoms with E-state index in [9.17, 15) is 8.78 Å².